The molecule has 0 saturated heterocycles. The summed E-state index contributed by atoms with van der Waals surface area (Å²) >= 11 is 5.85. The first-order chi connectivity index (χ1) is 8.99. The van der Waals surface area contributed by atoms with Gasteiger partial charge in [-0.3, -0.25) is 4.79 Å². The third-order valence-corrected chi connectivity index (χ3v) is 3.16. The van der Waals surface area contributed by atoms with Crippen LogP contribution in [-0.2, 0) is 9.53 Å². The fraction of sp³-hybridized carbons (Fsp3) is 0.571. The van der Waals surface area contributed by atoms with E-state index in [9.17, 15) is 4.79 Å². The average molecular weight is 286 g/mol. The Morgan fingerprint density at radius 3 is 2.63 bits per heavy atom. The van der Waals surface area contributed by atoms with Gasteiger partial charge in [0, 0.05) is 11.5 Å². The van der Waals surface area contributed by atoms with Crippen molar-refractivity contribution >= 4 is 17.6 Å². The van der Waals surface area contributed by atoms with E-state index in [0.717, 1.165) is 5.56 Å². The third kappa shape index (κ3) is 4.39. The Balaban J connectivity index is 3.02. The van der Waals surface area contributed by atoms with Crippen LogP contribution in [0.15, 0.2) is 12.1 Å². The number of rotatable bonds is 6. The Hall–Kier alpha value is -1.29. The fourth-order valence-electron chi connectivity index (χ4n) is 1.98. The molecule has 1 unspecified atom stereocenters. The van der Waals surface area contributed by atoms with Gasteiger partial charge in [0.15, 0.2) is 0 Å². The normalized spacial score (nSPS) is 12.3. The molecule has 0 saturated carbocycles. The van der Waals surface area contributed by atoms with Gasteiger partial charge in [-0.15, -0.1) is 0 Å². The van der Waals surface area contributed by atoms with Crippen LogP contribution in [0, 0.1) is 5.92 Å². The van der Waals surface area contributed by atoms with Crippen molar-refractivity contribution in [1.29, 1.82) is 0 Å². The van der Waals surface area contributed by atoms with Crippen molar-refractivity contribution in [3.63, 3.8) is 0 Å². The lowest BCUT2D eigenvalue weighted by Gasteiger charge is -2.22. The molecule has 1 heterocycles. The zero-order valence-corrected chi connectivity index (χ0v) is 12.5. The average Bonchev–Trinajstić information content (AvgIpc) is 2.36. The number of esters is 1. The lowest BCUT2D eigenvalue weighted by Crippen LogP contribution is -2.16. The van der Waals surface area contributed by atoms with Crippen molar-refractivity contribution in [1.82, 2.24) is 4.98 Å². The molecular weight excluding hydrogens is 266 g/mol. The van der Waals surface area contributed by atoms with E-state index in [-0.39, 0.29) is 17.8 Å². The number of halogens is 1. The van der Waals surface area contributed by atoms with Gasteiger partial charge >= 0.3 is 5.97 Å². The van der Waals surface area contributed by atoms with Gasteiger partial charge in [0.2, 0.25) is 5.88 Å². The minimum atomic E-state index is -0.210. The second-order valence-electron chi connectivity index (χ2n) is 4.59. The number of methoxy groups -OCH3 is 1. The van der Waals surface area contributed by atoms with Crippen molar-refractivity contribution in [2.24, 2.45) is 5.92 Å². The van der Waals surface area contributed by atoms with Gasteiger partial charge < -0.3 is 9.47 Å². The van der Waals surface area contributed by atoms with E-state index in [4.69, 9.17) is 21.1 Å². The Bertz CT molecular complexity index is 435. The topological polar surface area (TPSA) is 48.4 Å². The first-order valence-electron chi connectivity index (χ1n) is 6.35. The minimum Gasteiger partial charge on any atom is -0.481 e. The molecule has 0 aromatic carbocycles. The quantitative estimate of drug-likeness (QED) is 0.593. The van der Waals surface area contributed by atoms with E-state index in [1.807, 2.05) is 6.07 Å². The highest BCUT2D eigenvalue weighted by Gasteiger charge is 2.24. The number of nitrogens with zero attached hydrogens (tertiary/aromatic N) is 1. The van der Waals surface area contributed by atoms with Crippen molar-refractivity contribution in [3.8, 4) is 5.88 Å². The zero-order chi connectivity index (χ0) is 14.4. The van der Waals surface area contributed by atoms with E-state index in [1.165, 1.54) is 0 Å². The highest BCUT2D eigenvalue weighted by atomic mass is 35.5. The summed E-state index contributed by atoms with van der Waals surface area (Å²) in [6.07, 6.45) is 0.311. The number of aromatic nitrogens is 1. The molecule has 0 aliphatic heterocycles. The van der Waals surface area contributed by atoms with Crippen LogP contribution in [0.5, 0.6) is 5.88 Å². The molecule has 1 atom stereocenters. The summed E-state index contributed by atoms with van der Waals surface area (Å²) in [5, 5.41) is 0.374. The van der Waals surface area contributed by atoms with E-state index < -0.39 is 0 Å². The van der Waals surface area contributed by atoms with Crippen LogP contribution in [0.3, 0.4) is 0 Å². The summed E-state index contributed by atoms with van der Waals surface area (Å²) in [4.78, 5) is 15.8. The maximum Gasteiger partial charge on any atom is 0.306 e. The number of carbonyl (C=O) groups excluding carboxylic acids is 1. The molecule has 4 nitrogen and oxygen atoms in total. The van der Waals surface area contributed by atoms with Gasteiger partial charge in [0.25, 0.3) is 0 Å². The third-order valence-electron chi connectivity index (χ3n) is 2.95. The van der Waals surface area contributed by atoms with Crippen LogP contribution in [-0.4, -0.2) is 24.7 Å². The van der Waals surface area contributed by atoms with Crippen molar-refractivity contribution < 1.29 is 14.3 Å². The molecule has 0 fully saturated rings. The van der Waals surface area contributed by atoms with Gasteiger partial charge in [-0.1, -0.05) is 31.5 Å². The Morgan fingerprint density at radius 1 is 1.42 bits per heavy atom. The molecule has 19 heavy (non-hydrogen) atoms. The number of carbonyl (C=O) groups is 1. The molecule has 1 aromatic rings. The van der Waals surface area contributed by atoms with Crippen LogP contribution in [0.2, 0.25) is 5.15 Å². The minimum absolute atomic E-state index is 0.00114. The molecule has 106 valence electrons. The van der Waals surface area contributed by atoms with Crippen molar-refractivity contribution in [2.75, 3.05) is 13.7 Å². The van der Waals surface area contributed by atoms with Crippen LogP contribution >= 0.6 is 11.6 Å². The van der Waals surface area contributed by atoms with Gasteiger partial charge in [0.05, 0.1) is 20.1 Å². The summed E-state index contributed by atoms with van der Waals surface area (Å²) in [5.41, 5.74) is 0.884. The van der Waals surface area contributed by atoms with Crippen molar-refractivity contribution in [3.05, 3.63) is 22.8 Å². The number of ether oxygens (including phenoxy) is 2. The molecule has 0 aliphatic carbocycles. The predicted molar refractivity (Wildman–Crippen MR) is 74.6 cm³/mol. The molecular formula is C14H20ClNO3. The number of pyridine rings is 1. The Morgan fingerprint density at radius 2 is 2.11 bits per heavy atom. The van der Waals surface area contributed by atoms with Gasteiger partial charge in [0.1, 0.15) is 5.15 Å². The molecule has 0 bridgehead atoms. The van der Waals surface area contributed by atoms with Crippen LogP contribution in [0.4, 0.5) is 0 Å². The Kier molecular flexibility index (Phi) is 6.09. The molecule has 1 aromatic heterocycles. The summed E-state index contributed by atoms with van der Waals surface area (Å²) in [7, 11) is 1.55. The summed E-state index contributed by atoms with van der Waals surface area (Å²) in [5.74, 6) is 0.522. The zero-order valence-electron chi connectivity index (χ0n) is 11.8. The lowest BCUT2D eigenvalue weighted by molar-refractivity contribution is -0.143. The highest BCUT2D eigenvalue weighted by Crippen LogP contribution is 2.34. The maximum atomic E-state index is 11.7. The van der Waals surface area contributed by atoms with E-state index >= 15 is 0 Å². The second kappa shape index (κ2) is 7.34. The molecule has 5 heteroatoms. The first-order valence-corrected chi connectivity index (χ1v) is 6.73. The van der Waals surface area contributed by atoms with Crippen LogP contribution in [0.1, 0.15) is 38.7 Å². The lowest BCUT2D eigenvalue weighted by atomic mass is 9.86. The Labute approximate surface area is 119 Å². The molecule has 1 rings (SSSR count). The SMILES string of the molecule is CCOC(=O)CC(c1ccc(Cl)nc1OC)C(C)C. The standard InChI is InChI=1S/C14H20ClNO3/c1-5-19-13(17)8-11(9(2)3)10-6-7-12(15)16-14(10)18-4/h6-7,9,11H,5,8H2,1-4H3. The van der Waals surface area contributed by atoms with E-state index in [0.29, 0.717) is 24.1 Å². The van der Waals surface area contributed by atoms with Gasteiger partial charge in [-0.2, -0.15) is 0 Å². The molecule has 0 N–H and O–H groups in total. The van der Waals surface area contributed by atoms with E-state index in [2.05, 4.69) is 18.8 Å². The number of hydrogen-bond donors (Lipinski definition) is 0. The number of hydrogen-bond acceptors (Lipinski definition) is 4. The smallest absolute Gasteiger partial charge is 0.306 e. The fourth-order valence-corrected chi connectivity index (χ4v) is 2.12. The maximum absolute atomic E-state index is 11.7. The van der Waals surface area contributed by atoms with Crippen LogP contribution < -0.4 is 4.74 Å². The molecule has 0 spiro atoms. The summed E-state index contributed by atoms with van der Waals surface area (Å²) in [6.45, 7) is 6.29. The monoisotopic (exact) mass is 285 g/mol. The molecule has 0 radical (unpaired) electrons. The van der Waals surface area contributed by atoms with Crippen molar-refractivity contribution in [2.45, 2.75) is 33.1 Å². The van der Waals surface area contributed by atoms with E-state index in [1.54, 1.807) is 20.1 Å². The molecule has 0 amide bonds. The largest absolute Gasteiger partial charge is 0.481 e. The predicted octanol–water partition coefficient (Wildman–Crippen LogP) is 3.44. The van der Waals surface area contributed by atoms with Gasteiger partial charge in [-0.05, 0) is 18.9 Å². The molecule has 0 aliphatic rings. The van der Waals surface area contributed by atoms with Gasteiger partial charge in [-0.25, -0.2) is 4.98 Å². The second-order valence-corrected chi connectivity index (χ2v) is 4.98. The first kappa shape index (κ1) is 15.8. The summed E-state index contributed by atoms with van der Waals surface area (Å²) in [6, 6.07) is 3.57. The van der Waals surface area contributed by atoms with Crippen LogP contribution in [0.25, 0.3) is 0 Å². The highest BCUT2D eigenvalue weighted by molar-refractivity contribution is 6.29. The summed E-state index contributed by atoms with van der Waals surface area (Å²) < 4.78 is 10.3.